The van der Waals surface area contributed by atoms with Crippen LogP contribution in [-0.2, 0) is 21.2 Å². The number of carbonyl (C=O) groups is 1. The first-order valence-electron chi connectivity index (χ1n) is 10.1. The molecule has 0 unspecified atom stereocenters. The van der Waals surface area contributed by atoms with Crippen molar-refractivity contribution in [2.45, 2.75) is 24.2 Å². The van der Waals surface area contributed by atoms with Gasteiger partial charge in [0.05, 0.1) is 19.1 Å². The molecule has 0 spiro atoms. The number of amides is 1. The first kappa shape index (κ1) is 23.0. The van der Waals surface area contributed by atoms with Crippen LogP contribution < -0.4 is 14.8 Å². The van der Waals surface area contributed by atoms with Crippen LogP contribution in [0, 0.1) is 11.7 Å². The van der Waals surface area contributed by atoms with Gasteiger partial charge in [0.1, 0.15) is 5.82 Å². The highest BCUT2D eigenvalue weighted by Gasteiger charge is 2.32. The van der Waals surface area contributed by atoms with Gasteiger partial charge in [-0.05, 0) is 43.0 Å². The summed E-state index contributed by atoms with van der Waals surface area (Å²) in [4.78, 5) is 12.6. The molecule has 7 nitrogen and oxygen atoms in total. The Morgan fingerprint density at radius 3 is 2.42 bits per heavy atom. The number of benzene rings is 2. The fourth-order valence-corrected chi connectivity index (χ4v) is 5.14. The molecule has 0 atom stereocenters. The van der Waals surface area contributed by atoms with Crippen molar-refractivity contribution in [3.8, 4) is 11.5 Å². The monoisotopic (exact) mass is 450 g/mol. The Morgan fingerprint density at radius 1 is 1.10 bits per heavy atom. The average Bonchev–Trinajstić information content (AvgIpc) is 2.79. The Morgan fingerprint density at radius 2 is 1.77 bits per heavy atom. The zero-order valence-electron chi connectivity index (χ0n) is 17.6. The summed E-state index contributed by atoms with van der Waals surface area (Å²) in [5, 5.41) is 2.84. The van der Waals surface area contributed by atoms with Crippen LogP contribution in [-0.4, -0.2) is 52.5 Å². The Hall–Kier alpha value is -2.65. The van der Waals surface area contributed by atoms with Gasteiger partial charge in [0.25, 0.3) is 0 Å². The van der Waals surface area contributed by atoms with Gasteiger partial charge in [-0.1, -0.05) is 18.2 Å². The van der Waals surface area contributed by atoms with Crippen LogP contribution in [0.25, 0.3) is 0 Å². The fourth-order valence-electron chi connectivity index (χ4n) is 3.65. The number of carbonyl (C=O) groups excluding carboxylic acids is 1. The van der Waals surface area contributed by atoms with Crippen LogP contribution in [0.1, 0.15) is 18.4 Å². The molecule has 1 aliphatic heterocycles. The second-order valence-corrected chi connectivity index (χ2v) is 9.27. The average molecular weight is 451 g/mol. The molecule has 1 aliphatic rings. The molecule has 1 N–H and O–H groups in total. The van der Waals surface area contributed by atoms with E-state index in [1.54, 1.807) is 24.3 Å². The van der Waals surface area contributed by atoms with Crippen molar-refractivity contribution >= 4 is 15.9 Å². The smallest absolute Gasteiger partial charge is 0.243 e. The second-order valence-electron chi connectivity index (χ2n) is 7.33. The Kier molecular flexibility index (Phi) is 7.50. The maximum atomic E-state index is 13.7. The molecule has 3 rings (SSSR count). The van der Waals surface area contributed by atoms with Crippen molar-refractivity contribution in [1.82, 2.24) is 9.62 Å². The summed E-state index contributed by atoms with van der Waals surface area (Å²) < 4.78 is 51.4. The van der Waals surface area contributed by atoms with E-state index >= 15 is 0 Å². The quantitative estimate of drug-likeness (QED) is 0.668. The van der Waals surface area contributed by atoms with Crippen molar-refractivity contribution in [2.75, 3.05) is 33.9 Å². The van der Waals surface area contributed by atoms with Crippen molar-refractivity contribution in [3.63, 3.8) is 0 Å². The summed E-state index contributed by atoms with van der Waals surface area (Å²) in [5.41, 5.74) is 0.554. The summed E-state index contributed by atoms with van der Waals surface area (Å²) in [7, 11) is -0.769. The Labute approximate surface area is 182 Å². The topological polar surface area (TPSA) is 84.9 Å². The SMILES string of the molecule is COc1ccc(S(=O)(=O)N2CCC(C(=O)NCCc3ccccc3F)CC2)cc1OC. The zero-order valence-corrected chi connectivity index (χ0v) is 18.5. The third kappa shape index (κ3) is 5.34. The lowest BCUT2D eigenvalue weighted by Crippen LogP contribution is -2.43. The van der Waals surface area contributed by atoms with E-state index in [9.17, 15) is 17.6 Å². The van der Waals surface area contributed by atoms with E-state index in [0.29, 0.717) is 42.9 Å². The van der Waals surface area contributed by atoms with Crippen LogP contribution in [0.4, 0.5) is 4.39 Å². The third-order valence-electron chi connectivity index (χ3n) is 5.47. The minimum Gasteiger partial charge on any atom is -0.493 e. The number of sulfonamides is 1. The molecule has 2 aromatic carbocycles. The molecule has 1 amide bonds. The Balaban J connectivity index is 1.54. The van der Waals surface area contributed by atoms with Gasteiger partial charge in [-0.25, -0.2) is 12.8 Å². The van der Waals surface area contributed by atoms with E-state index in [4.69, 9.17) is 9.47 Å². The van der Waals surface area contributed by atoms with Gasteiger partial charge in [-0.15, -0.1) is 0 Å². The molecule has 0 saturated carbocycles. The number of halogens is 1. The standard InChI is InChI=1S/C22H27FN2O5S/c1-29-20-8-7-18(15-21(20)30-2)31(27,28)25-13-10-17(11-14-25)22(26)24-12-9-16-5-3-4-6-19(16)23/h3-8,15,17H,9-14H2,1-2H3,(H,24,26). The first-order valence-corrected chi connectivity index (χ1v) is 11.5. The molecule has 0 radical (unpaired) electrons. The lowest BCUT2D eigenvalue weighted by Gasteiger charge is -2.30. The zero-order chi connectivity index (χ0) is 22.4. The van der Waals surface area contributed by atoms with Crippen LogP contribution >= 0.6 is 0 Å². The van der Waals surface area contributed by atoms with Crippen LogP contribution in [0.2, 0.25) is 0 Å². The number of nitrogens with zero attached hydrogens (tertiary/aromatic N) is 1. The van der Waals surface area contributed by atoms with E-state index in [2.05, 4.69) is 5.32 Å². The predicted octanol–water partition coefficient (Wildman–Crippen LogP) is 2.60. The van der Waals surface area contributed by atoms with Crippen LogP contribution in [0.5, 0.6) is 11.5 Å². The highest BCUT2D eigenvalue weighted by molar-refractivity contribution is 7.89. The minimum absolute atomic E-state index is 0.123. The first-order chi connectivity index (χ1) is 14.9. The van der Waals surface area contributed by atoms with Gasteiger partial charge in [-0.3, -0.25) is 4.79 Å². The number of rotatable bonds is 8. The molecule has 31 heavy (non-hydrogen) atoms. The van der Waals surface area contributed by atoms with Crippen molar-refractivity contribution < 1.29 is 27.1 Å². The van der Waals surface area contributed by atoms with E-state index in [1.807, 2.05) is 0 Å². The molecule has 0 bridgehead atoms. The number of hydrogen-bond acceptors (Lipinski definition) is 5. The summed E-state index contributed by atoms with van der Waals surface area (Å²) in [5.74, 6) is 0.113. The van der Waals surface area contributed by atoms with Crippen LogP contribution in [0.3, 0.4) is 0 Å². The summed E-state index contributed by atoms with van der Waals surface area (Å²) in [6, 6.07) is 11.0. The number of hydrogen-bond donors (Lipinski definition) is 1. The number of ether oxygens (including phenoxy) is 2. The molecule has 0 aliphatic carbocycles. The van der Waals surface area contributed by atoms with Gasteiger partial charge in [-0.2, -0.15) is 4.31 Å². The maximum absolute atomic E-state index is 13.7. The van der Waals surface area contributed by atoms with Crippen LogP contribution in [0.15, 0.2) is 47.4 Å². The normalized spacial score (nSPS) is 15.5. The molecule has 1 heterocycles. The summed E-state index contributed by atoms with van der Waals surface area (Å²) in [6.07, 6.45) is 1.26. The van der Waals surface area contributed by atoms with E-state index in [0.717, 1.165) is 0 Å². The summed E-state index contributed by atoms with van der Waals surface area (Å²) in [6.45, 7) is 0.841. The van der Waals surface area contributed by atoms with Crippen molar-refractivity contribution in [2.24, 2.45) is 5.92 Å². The molecular formula is C22H27FN2O5S. The second kappa shape index (κ2) is 10.1. The lowest BCUT2D eigenvalue weighted by molar-refractivity contribution is -0.126. The third-order valence-corrected chi connectivity index (χ3v) is 7.36. The molecule has 168 valence electrons. The van der Waals surface area contributed by atoms with Crippen molar-refractivity contribution in [1.29, 1.82) is 0 Å². The van der Waals surface area contributed by atoms with Gasteiger partial charge < -0.3 is 14.8 Å². The van der Waals surface area contributed by atoms with Gasteiger partial charge in [0.2, 0.25) is 15.9 Å². The minimum atomic E-state index is -3.70. The highest BCUT2D eigenvalue weighted by Crippen LogP contribution is 2.32. The fraction of sp³-hybridized carbons (Fsp3) is 0.409. The molecular weight excluding hydrogens is 423 g/mol. The van der Waals surface area contributed by atoms with Gasteiger partial charge in [0.15, 0.2) is 11.5 Å². The number of nitrogens with one attached hydrogen (secondary N) is 1. The van der Waals surface area contributed by atoms with E-state index in [1.165, 1.54) is 36.7 Å². The molecule has 1 saturated heterocycles. The molecule has 0 aromatic heterocycles. The molecule has 1 fully saturated rings. The number of methoxy groups -OCH3 is 2. The Bertz CT molecular complexity index is 1020. The molecule has 9 heteroatoms. The van der Waals surface area contributed by atoms with Gasteiger partial charge in [0, 0.05) is 31.6 Å². The summed E-state index contributed by atoms with van der Waals surface area (Å²) >= 11 is 0. The maximum Gasteiger partial charge on any atom is 0.243 e. The predicted molar refractivity (Wildman–Crippen MR) is 114 cm³/mol. The molecule has 2 aromatic rings. The lowest BCUT2D eigenvalue weighted by atomic mass is 9.97. The van der Waals surface area contributed by atoms with Gasteiger partial charge >= 0.3 is 0 Å². The largest absolute Gasteiger partial charge is 0.493 e. The van der Waals surface area contributed by atoms with Crippen molar-refractivity contribution in [3.05, 3.63) is 53.8 Å². The highest BCUT2D eigenvalue weighted by atomic mass is 32.2. The number of piperidine rings is 1. The van der Waals surface area contributed by atoms with E-state index < -0.39 is 10.0 Å². The van der Waals surface area contributed by atoms with E-state index in [-0.39, 0.29) is 35.6 Å².